The molecule has 116 valence electrons. The van der Waals surface area contributed by atoms with Gasteiger partial charge in [0.1, 0.15) is 0 Å². The average molecular weight is 364 g/mol. The van der Waals surface area contributed by atoms with Crippen LogP contribution in [0.2, 0.25) is 0 Å². The lowest BCUT2D eigenvalue weighted by molar-refractivity contribution is 0.374. The van der Waals surface area contributed by atoms with Gasteiger partial charge in [-0.2, -0.15) is 0 Å². The Bertz CT molecular complexity index is 762. The quantitative estimate of drug-likeness (QED) is 0.783. The normalized spacial score (nSPS) is 25.6. The Labute approximate surface area is 136 Å². The summed E-state index contributed by atoms with van der Waals surface area (Å²) in [5.74, 6) is 0.434. The second kappa shape index (κ2) is 5.26. The number of alkyl halides is 1. The lowest BCUT2D eigenvalue weighted by atomic mass is 9.96. The second-order valence-electron chi connectivity index (χ2n) is 6.13. The van der Waals surface area contributed by atoms with E-state index in [2.05, 4.69) is 15.9 Å². The summed E-state index contributed by atoms with van der Waals surface area (Å²) in [6, 6.07) is 9.58. The summed E-state index contributed by atoms with van der Waals surface area (Å²) in [5.41, 5.74) is 0.280. The summed E-state index contributed by atoms with van der Waals surface area (Å²) in [5, 5.41) is 0.973. The molecular weight excluding hydrogens is 346 g/mol. The molecule has 2 bridgehead atoms. The number of nitrogens with zero attached hydrogens (tertiary/aromatic N) is 3. The number of aromatic nitrogens is 3. The van der Waals surface area contributed by atoms with Gasteiger partial charge in [0.2, 0.25) is 0 Å². The second-order valence-corrected chi connectivity index (χ2v) is 6.93. The van der Waals surface area contributed by atoms with Gasteiger partial charge in [-0.05, 0) is 37.8 Å². The Hall–Kier alpha value is -1.56. The van der Waals surface area contributed by atoms with Gasteiger partial charge in [-0.1, -0.05) is 34.1 Å². The first kappa shape index (κ1) is 14.1. The molecule has 1 saturated carbocycles. The number of halogens is 1. The zero-order chi connectivity index (χ0) is 15.3. The molecule has 4 rings (SSSR count). The molecule has 0 saturated heterocycles. The topological polar surface area (TPSA) is 48.9 Å². The minimum absolute atomic E-state index is 0.188. The zero-order valence-electron chi connectivity index (χ0n) is 12.2. The van der Waals surface area contributed by atoms with Crippen LogP contribution in [-0.2, 0) is 0 Å². The van der Waals surface area contributed by atoms with Crippen molar-refractivity contribution in [3.63, 3.8) is 0 Å². The lowest BCUT2D eigenvalue weighted by Crippen LogP contribution is -2.30. The van der Waals surface area contributed by atoms with E-state index in [1.807, 2.05) is 30.3 Å². The first-order valence-corrected chi connectivity index (χ1v) is 8.93. The molecule has 2 aromatic rings. The van der Waals surface area contributed by atoms with Gasteiger partial charge >= 0.3 is 11.4 Å². The van der Waals surface area contributed by atoms with Crippen molar-refractivity contribution in [1.82, 2.24) is 13.9 Å². The molecule has 2 heterocycles. The molecule has 0 amide bonds. The van der Waals surface area contributed by atoms with Gasteiger partial charge in [-0.15, -0.1) is 0 Å². The van der Waals surface area contributed by atoms with Gasteiger partial charge < -0.3 is 0 Å². The van der Waals surface area contributed by atoms with Crippen molar-refractivity contribution >= 4 is 15.9 Å². The molecule has 6 heteroatoms. The maximum atomic E-state index is 12.8. The van der Waals surface area contributed by atoms with Crippen LogP contribution in [0.25, 0.3) is 5.69 Å². The van der Waals surface area contributed by atoms with Crippen LogP contribution in [-0.4, -0.2) is 19.3 Å². The minimum Gasteiger partial charge on any atom is -0.245 e. The third kappa shape index (κ3) is 1.82. The molecule has 1 aromatic heterocycles. The van der Waals surface area contributed by atoms with Crippen LogP contribution in [0.3, 0.4) is 0 Å². The van der Waals surface area contributed by atoms with E-state index in [9.17, 15) is 9.59 Å². The highest BCUT2D eigenvalue weighted by molar-refractivity contribution is 9.09. The highest BCUT2D eigenvalue weighted by atomic mass is 79.9. The smallest absolute Gasteiger partial charge is 0.245 e. The largest absolute Gasteiger partial charge is 0.352 e. The van der Waals surface area contributed by atoms with Crippen LogP contribution in [0.5, 0.6) is 0 Å². The van der Waals surface area contributed by atoms with Gasteiger partial charge in [0.25, 0.3) is 0 Å². The molecule has 22 heavy (non-hydrogen) atoms. The Kier molecular flexibility index (Phi) is 3.36. The fourth-order valence-electron chi connectivity index (χ4n) is 4.20. The maximum Gasteiger partial charge on any atom is 0.352 e. The number of benzene rings is 1. The summed E-state index contributed by atoms with van der Waals surface area (Å²) in [6.45, 7) is 0. The summed E-state index contributed by atoms with van der Waals surface area (Å²) in [4.78, 5) is 25.6. The average Bonchev–Trinajstić information content (AvgIpc) is 3.16. The minimum atomic E-state index is -0.188. The maximum absolute atomic E-state index is 12.8. The van der Waals surface area contributed by atoms with Gasteiger partial charge in [0, 0.05) is 11.2 Å². The molecule has 5 nitrogen and oxygen atoms in total. The summed E-state index contributed by atoms with van der Waals surface area (Å²) in [6.07, 6.45) is 4.18. The molecule has 2 aliphatic rings. The first-order valence-electron chi connectivity index (χ1n) is 7.81. The van der Waals surface area contributed by atoms with E-state index in [0.717, 1.165) is 31.0 Å². The molecule has 0 spiro atoms. The highest BCUT2D eigenvalue weighted by Crippen LogP contribution is 2.49. The van der Waals surface area contributed by atoms with Crippen LogP contribution in [0.15, 0.2) is 39.9 Å². The van der Waals surface area contributed by atoms with Crippen LogP contribution < -0.4 is 11.4 Å². The lowest BCUT2D eigenvalue weighted by Gasteiger charge is -2.13. The molecule has 1 fully saturated rings. The number of para-hydroxylation sites is 1. The van der Waals surface area contributed by atoms with Crippen molar-refractivity contribution in [1.29, 1.82) is 0 Å². The Morgan fingerprint density at radius 1 is 1.00 bits per heavy atom. The van der Waals surface area contributed by atoms with E-state index in [-0.39, 0.29) is 23.5 Å². The molecule has 0 radical (unpaired) electrons. The molecule has 0 N–H and O–H groups in total. The van der Waals surface area contributed by atoms with Crippen LogP contribution in [0.4, 0.5) is 0 Å². The van der Waals surface area contributed by atoms with E-state index in [0.29, 0.717) is 11.6 Å². The van der Waals surface area contributed by atoms with Crippen molar-refractivity contribution in [3.8, 4) is 5.69 Å². The van der Waals surface area contributed by atoms with E-state index in [4.69, 9.17) is 0 Å². The van der Waals surface area contributed by atoms with Crippen LogP contribution in [0.1, 0.15) is 37.8 Å². The van der Waals surface area contributed by atoms with Crippen LogP contribution >= 0.6 is 15.9 Å². The molecule has 1 unspecified atom stereocenters. The van der Waals surface area contributed by atoms with Crippen molar-refractivity contribution in [3.05, 3.63) is 51.3 Å². The standard InChI is InChI=1S/C16H18BrN3O2/c17-10-4-7-12-13-8-9-14(12)20-16(22)18(15(21)19(13)20)11-5-2-1-3-6-11/h1-3,5-6,12-14H,4,7-10H2/t12?,13-,14+. The molecule has 1 aromatic carbocycles. The number of rotatable bonds is 4. The van der Waals surface area contributed by atoms with E-state index < -0.39 is 0 Å². The fourth-order valence-corrected chi connectivity index (χ4v) is 4.53. The Morgan fingerprint density at radius 2 is 1.59 bits per heavy atom. The predicted molar refractivity (Wildman–Crippen MR) is 88.1 cm³/mol. The summed E-state index contributed by atoms with van der Waals surface area (Å²) in [7, 11) is 0. The van der Waals surface area contributed by atoms with Gasteiger partial charge in [0.15, 0.2) is 0 Å². The summed E-state index contributed by atoms with van der Waals surface area (Å²) >= 11 is 3.47. The van der Waals surface area contributed by atoms with E-state index >= 15 is 0 Å². The van der Waals surface area contributed by atoms with Crippen molar-refractivity contribution in [2.24, 2.45) is 5.92 Å². The monoisotopic (exact) mass is 363 g/mol. The van der Waals surface area contributed by atoms with Gasteiger partial charge in [-0.3, -0.25) is 0 Å². The Morgan fingerprint density at radius 3 is 2.14 bits per heavy atom. The molecule has 1 aliphatic heterocycles. The third-order valence-corrected chi connectivity index (χ3v) is 5.63. The molecule has 1 aliphatic carbocycles. The molecule has 3 atom stereocenters. The third-order valence-electron chi connectivity index (χ3n) is 5.07. The van der Waals surface area contributed by atoms with E-state index in [1.54, 1.807) is 9.36 Å². The van der Waals surface area contributed by atoms with Gasteiger partial charge in [-0.25, -0.2) is 23.5 Å². The van der Waals surface area contributed by atoms with Gasteiger partial charge in [0.05, 0.1) is 17.8 Å². The van der Waals surface area contributed by atoms with Crippen molar-refractivity contribution < 1.29 is 0 Å². The summed E-state index contributed by atoms with van der Waals surface area (Å²) < 4.78 is 4.76. The number of hydrogen-bond acceptors (Lipinski definition) is 2. The van der Waals surface area contributed by atoms with Crippen molar-refractivity contribution in [2.75, 3.05) is 5.33 Å². The zero-order valence-corrected chi connectivity index (χ0v) is 13.8. The SMILES string of the molecule is O=c1n(-c2ccccc2)c(=O)n2n1[C@@H]1CC[C@H]2C1CCCBr. The number of hydrogen-bond donors (Lipinski definition) is 0. The fraction of sp³-hybridized carbons (Fsp3) is 0.500. The Balaban J connectivity index is 1.83. The van der Waals surface area contributed by atoms with E-state index in [1.165, 1.54) is 4.57 Å². The molecular formula is C16H18BrN3O2. The first-order chi connectivity index (χ1) is 10.7. The number of fused-ring (bicyclic) bond motifs is 5. The van der Waals surface area contributed by atoms with Crippen LogP contribution in [0, 0.1) is 5.92 Å². The predicted octanol–water partition coefficient (Wildman–Crippen LogP) is 2.48. The highest BCUT2D eigenvalue weighted by Gasteiger charge is 2.48. The van der Waals surface area contributed by atoms with Crippen molar-refractivity contribution in [2.45, 2.75) is 37.8 Å².